The molecule has 0 fully saturated rings. The van der Waals surface area contributed by atoms with Gasteiger partial charge in [-0.3, -0.25) is 0 Å². The van der Waals surface area contributed by atoms with Gasteiger partial charge in [-0.05, 0) is 19.1 Å². The average molecular weight is 156 g/mol. The minimum absolute atomic E-state index is 0.0845. The largest absolute Gasteiger partial charge is 0.512 e. The predicted molar refractivity (Wildman–Crippen MR) is 41.1 cm³/mol. The van der Waals surface area contributed by atoms with Gasteiger partial charge in [0.05, 0.1) is 11.9 Å². The standard InChI is InChI=1S/C8H12O3/c1-6(9)8(11)4-2-3-7(10)5-8/h2-4,6,9-11H,5H2,1H3. The maximum atomic E-state index is 9.58. The van der Waals surface area contributed by atoms with Crippen molar-refractivity contribution >= 4 is 0 Å². The van der Waals surface area contributed by atoms with Gasteiger partial charge in [-0.2, -0.15) is 0 Å². The van der Waals surface area contributed by atoms with Crippen LogP contribution in [0.3, 0.4) is 0 Å². The van der Waals surface area contributed by atoms with E-state index in [1.54, 1.807) is 0 Å². The van der Waals surface area contributed by atoms with E-state index in [1.807, 2.05) is 0 Å². The van der Waals surface area contributed by atoms with Crippen molar-refractivity contribution in [3.05, 3.63) is 24.0 Å². The fourth-order valence-electron chi connectivity index (χ4n) is 1.02. The first kappa shape index (κ1) is 8.30. The van der Waals surface area contributed by atoms with E-state index in [0.717, 1.165) is 0 Å². The van der Waals surface area contributed by atoms with Crippen LogP contribution in [0, 0.1) is 0 Å². The van der Waals surface area contributed by atoms with Crippen molar-refractivity contribution < 1.29 is 15.3 Å². The first-order chi connectivity index (χ1) is 5.04. The summed E-state index contributed by atoms with van der Waals surface area (Å²) >= 11 is 0. The third-order valence-electron chi connectivity index (χ3n) is 1.86. The Hall–Kier alpha value is -0.800. The van der Waals surface area contributed by atoms with Gasteiger partial charge < -0.3 is 15.3 Å². The summed E-state index contributed by atoms with van der Waals surface area (Å²) in [6.45, 7) is 1.49. The molecular formula is C8H12O3. The third-order valence-corrected chi connectivity index (χ3v) is 1.86. The summed E-state index contributed by atoms with van der Waals surface area (Å²) in [7, 11) is 0. The second-order valence-corrected chi connectivity index (χ2v) is 2.86. The van der Waals surface area contributed by atoms with Gasteiger partial charge in [-0.15, -0.1) is 0 Å². The first-order valence-electron chi connectivity index (χ1n) is 3.52. The quantitative estimate of drug-likeness (QED) is 0.518. The second-order valence-electron chi connectivity index (χ2n) is 2.86. The lowest BCUT2D eigenvalue weighted by atomic mass is 9.89. The van der Waals surface area contributed by atoms with Gasteiger partial charge >= 0.3 is 0 Å². The molecule has 3 heteroatoms. The molecule has 11 heavy (non-hydrogen) atoms. The molecule has 0 amide bonds. The van der Waals surface area contributed by atoms with E-state index in [4.69, 9.17) is 10.2 Å². The van der Waals surface area contributed by atoms with E-state index < -0.39 is 11.7 Å². The molecule has 0 bridgehead atoms. The average Bonchev–Trinajstić information content (AvgIpc) is 1.86. The highest BCUT2D eigenvalue weighted by Crippen LogP contribution is 2.24. The Morgan fingerprint density at radius 3 is 2.64 bits per heavy atom. The minimum atomic E-state index is -1.29. The van der Waals surface area contributed by atoms with Crippen LogP contribution in [0.4, 0.5) is 0 Å². The van der Waals surface area contributed by atoms with Gasteiger partial charge in [0.1, 0.15) is 5.60 Å². The Balaban J connectivity index is 2.78. The van der Waals surface area contributed by atoms with Crippen LogP contribution in [-0.2, 0) is 0 Å². The molecule has 0 heterocycles. The molecule has 2 atom stereocenters. The van der Waals surface area contributed by atoms with Crippen LogP contribution in [0.15, 0.2) is 24.0 Å². The summed E-state index contributed by atoms with van der Waals surface area (Å²) in [5, 5.41) is 27.7. The highest BCUT2D eigenvalue weighted by Gasteiger charge is 2.32. The Labute approximate surface area is 65.3 Å². The molecule has 0 aromatic heterocycles. The maximum absolute atomic E-state index is 9.58. The van der Waals surface area contributed by atoms with Gasteiger partial charge in [0.15, 0.2) is 0 Å². The molecule has 1 aliphatic rings. The van der Waals surface area contributed by atoms with Crippen molar-refractivity contribution in [3.63, 3.8) is 0 Å². The van der Waals surface area contributed by atoms with E-state index in [-0.39, 0.29) is 12.2 Å². The second kappa shape index (κ2) is 2.68. The number of allylic oxidation sites excluding steroid dienone is 2. The van der Waals surface area contributed by atoms with Crippen LogP contribution in [-0.4, -0.2) is 27.0 Å². The summed E-state index contributed by atoms with van der Waals surface area (Å²) in [6.07, 6.45) is 3.73. The van der Waals surface area contributed by atoms with Crippen LogP contribution in [0.1, 0.15) is 13.3 Å². The number of aliphatic hydroxyl groups is 3. The number of hydrogen-bond donors (Lipinski definition) is 3. The molecule has 1 rings (SSSR count). The van der Waals surface area contributed by atoms with Crippen molar-refractivity contribution in [3.8, 4) is 0 Å². The molecule has 0 radical (unpaired) electrons. The van der Waals surface area contributed by atoms with Gasteiger partial charge in [-0.25, -0.2) is 0 Å². The molecule has 0 saturated carbocycles. The van der Waals surface area contributed by atoms with E-state index in [0.29, 0.717) is 0 Å². The summed E-state index contributed by atoms with van der Waals surface area (Å²) in [4.78, 5) is 0. The SMILES string of the molecule is CC(O)C1(O)C=CC=C(O)C1. The minimum Gasteiger partial charge on any atom is -0.512 e. The fraction of sp³-hybridized carbons (Fsp3) is 0.500. The van der Waals surface area contributed by atoms with Gasteiger partial charge in [0.25, 0.3) is 0 Å². The van der Waals surface area contributed by atoms with Crippen LogP contribution in [0.25, 0.3) is 0 Å². The van der Waals surface area contributed by atoms with Crippen LogP contribution in [0.5, 0.6) is 0 Å². The summed E-state index contributed by atoms with van der Waals surface area (Å²) < 4.78 is 0. The lowest BCUT2D eigenvalue weighted by Gasteiger charge is -2.28. The van der Waals surface area contributed by atoms with Crippen LogP contribution in [0.2, 0.25) is 0 Å². The van der Waals surface area contributed by atoms with Gasteiger partial charge in [-0.1, -0.05) is 6.08 Å². The van der Waals surface area contributed by atoms with Crippen molar-refractivity contribution in [2.24, 2.45) is 0 Å². The Kier molecular flexibility index (Phi) is 2.02. The molecular weight excluding hydrogens is 144 g/mol. The molecule has 1 aliphatic carbocycles. The molecule has 62 valence electrons. The van der Waals surface area contributed by atoms with Crippen molar-refractivity contribution in [2.75, 3.05) is 0 Å². The smallest absolute Gasteiger partial charge is 0.116 e. The molecule has 3 N–H and O–H groups in total. The zero-order valence-corrected chi connectivity index (χ0v) is 6.36. The molecule has 3 nitrogen and oxygen atoms in total. The summed E-state index contributed by atoms with van der Waals surface area (Å²) in [5.41, 5.74) is -1.29. The Bertz CT molecular complexity index is 205. The monoisotopic (exact) mass is 156 g/mol. The normalized spacial score (nSPS) is 33.2. The van der Waals surface area contributed by atoms with Crippen molar-refractivity contribution in [2.45, 2.75) is 25.0 Å². The fourth-order valence-corrected chi connectivity index (χ4v) is 1.02. The third kappa shape index (κ3) is 1.61. The molecule has 2 unspecified atom stereocenters. The van der Waals surface area contributed by atoms with Crippen molar-refractivity contribution in [1.29, 1.82) is 0 Å². The van der Waals surface area contributed by atoms with E-state index in [2.05, 4.69) is 0 Å². The molecule has 0 aliphatic heterocycles. The maximum Gasteiger partial charge on any atom is 0.116 e. The molecule has 0 saturated heterocycles. The summed E-state index contributed by atoms with van der Waals surface area (Å²) in [6, 6.07) is 0. The van der Waals surface area contributed by atoms with E-state index >= 15 is 0 Å². The topological polar surface area (TPSA) is 60.7 Å². The van der Waals surface area contributed by atoms with Crippen LogP contribution < -0.4 is 0 Å². The zero-order valence-electron chi connectivity index (χ0n) is 6.36. The molecule has 0 aromatic carbocycles. The van der Waals surface area contributed by atoms with Gasteiger partial charge in [0.2, 0.25) is 0 Å². The van der Waals surface area contributed by atoms with E-state index in [9.17, 15) is 5.11 Å². The van der Waals surface area contributed by atoms with Crippen LogP contribution >= 0.6 is 0 Å². The zero-order chi connectivity index (χ0) is 8.48. The highest BCUT2D eigenvalue weighted by molar-refractivity contribution is 5.22. The lowest BCUT2D eigenvalue weighted by Crippen LogP contribution is -2.39. The van der Waals surface area contributed by atoms with E-state index in [1.165, 1.54) is 25.2 Å². The molecule has 0 spiro atoms. The number of rotatable bonds is 1. The number of hydrogen-bond acceptors (Lipinski definition) is 3. The summed E-state index contributed by atoms with van der Waals surface area (Å²) in [5.74, 6) is 0.0934. The Morgan fingerprint density at radius 2 is 2.27 bits per heavy atom. The predicted octanol–water partition coefficient (Wildman–Crippen LogP) is 0.500. The Morgan fingerprint density at radius 1 is 1.64 bits per heavy atom. The highest BCUT2D eigenvalue weighted by atomic mass is 16.3. The molecule has 0 aromatic rings. The number of aliphatic hydroxyl groups excluding tert-OH is 2. The van der Waals surface area contributed by atoms with Crippen molar-refractivity contribution in [1.82, 2.24) is 0 Å². The lowest BCUT2D eigenvalue weighted by molar-refractivity contribution is -0.0353. The first-order valence-corrected chi connectivity index (χ1v) is 3.52. The van der Waals surface area contributed by atoms with Gasteiger partial charge in [0, 0.05) is 6.42 Å².